The fourth-order valence-corrected chi connectivity index (χ4v) is 2.41. The van der Waals surface area contributed by atoms with E-state index in [0.29, 0.717) is 11.8 Å². The first-order chi connectivity index (χ1) is 8.71. The summed E-state index contributed by atoms with van der Waals surface area (Å²) < 4.78 is 0. The molecule has 0 spiro atoms. The number of amides is 1. The van der Waals surface area contributed by atoms with Crippen LogP contribution in [0.5, 0.6) is 0 Å². The van der Waals surface area contributed by atoms with Crippen molar-refractivity contribution in [3.8, 4) is 0 Å². The van der Waals surface area contributed by atoms with Crippen molar-refractivity contribution < 1.29 is 4.79 Å². The maximum absolute atomic E-state index is 11.3. The van der Waals surface area contributed by atoms with Gasteiger partial charge in [-0.2, -0.15) is 0 Å². The summed E-state index contributed by atoms with van der Waals surface area (Å²) in [6, 6.07) is 6.15. The predicted octanol–water partition coefficient (Wildman–Crippen LogP) is 1.72. The molecule has 96 valence electrons. The van der Waals surface area contributed by atoms with Crippen LogP contribution in [0.2, 0.25) is 0 Å². The summed E-state index contributed by atoms with van der Waals surface area (Å²) in [5.74, 6) is 0.114. The van der Waals surface area contributed by atoms with Crippen molar-refractivity contribution in [2.45, 2.75) is 25.7 Å². The van der Waals surface area contributed by atoms with E-state index in [-0.39, 0.29) is 5.91 Å². The first-order valence-electron chi connectivity index (χ1n) is 6.58. The van der Waals surface area contributed by atoms with Crippen molar-refractivity contribution in [2.75, 3.05) is 23.7 Å². The largest absolute Gasteiger partial charge is 0.384 e. The van der Waals surface area contributed by atoms with Crippen LogP contribution in [0.15, 0.2) is 18.2 Å². The Morgan fingerprint density at radius 1 is 1.33 bits per heavy atom. The monoisotopic (exact) mass is 245 g/mol. The summed E-state index contributed by atoms with van der Waals surface area (Å²) in [5.41, 5.74) is 9.41. The van der Waals surface area contributed by atoms with Crippen molar-refractivity contribution in [1.29, 1.82) is 0 Å². The normalized spacial score (nSPS) is 19.9. The second kappa shape index (κ2) is 4.28. The molecule has 4 N–H and O–H groups in total. The molecule has 1 amide bonds. The number of nitrogens with two attached hydrogens (primary N) is 1. The Balaban J connectivity index is 1.69. The van der Waals surface area contributed by atoms with Gasteiger partial charge in [0.1, 0.15) is 0 Å². The molecule has 1 aromatic carbocycles. The first kappa shape index (κ1) is 11.5. The summed E-state index contributed by atoms with van der Waals surface area (Å²) in [6.07, 6.45) is 3.89. The average molecular weight is 245 g/mol. The van der Waals surface area contributed by atoms with Crippen molar-refractivity contribution in [3.63, 3.8) is 0 Å². The minimum atomic E-state index is 0.114. The molecule has 0 radical (unpaired) electrons. The number of benzene rings is 1. The third-order valence-corrected chi connectivity index (χ3v) is 4.06. The Labute approximate surface area is 107 Å². The molecule has 1 aromatic rings. The number of hydrogen-bond donors (Lipinski definition) is 3. The Kier molecular flexibility index (Phi) is 2.74. The van der Waals surface area contributed by atoms with Crippen LogP contribution in [0.3, 0.4) is 0 Å². The van der Waals surface area contributed by atoms with Crippen LogP contribution >= 0.6 is 0 Å². The SMILES string of the molecule is NCC1(CNc2ccc3c(c2)CCC(=O)N3)CC1. The van der Waals surface area contributed by atoms with Gasteiger partial charge < -0.3 is 16.4 Å². The zero-order valence-corrected chi connectivity index (χ0v) is 10.5. The number of hydrogen-bond acceptors (Lipinski definition) is 3. The molecule has 1 heterocycles. The zero-order valence-electron chi connectivity index (χ0n) is 10.5. The van der Waals surface area contributed by atoms with Crippen LogP contribution in [0, 0.1) is 5.41 Å². The van der Waals surface area contributed by atoms with Crippen LogP contribution in [-0.4, -0.2) is 19.0 Å². The Morgan fingerprint density at radius 3 is 2.89 bits per heavy atom. The lowest BCUT2D eigenvalue weighted by Gasteiger charge is -2.19. The zero-order chi connectivity index (χ0) is 12.6. The molecule has 3 rings (SSSR count). The molecule has 0 aromatic heterocycles. The van der Waals surface area contributed by atoms with Gasteiger partial charge in [0.2, 0.25) is 5.91 Å². The number of carbonyl (C=O) groups is 1. The second-order valence-electron chi connectivity index (χ2n) is 5.48. The summed E-state index contributed by atoms with van der Waals surface area (Å²) in [7, 11) is 0. The number of nitrogens with one attached hydrogen (secondary N) is 2. The van der Waals surface area contributed by atoms with Gasteiger partial charge in [0.15, 0.2) is 0 Å². The maximum atomic E-state index is 11.3. The highest BCUT2D eigenvalue weighted by Gasteiger charge is 2.40. The molecule has 1 saturated carbocycles. The van der Waals surface area contributed by atoms with Gasteiger partial charge in [-0.05, 0) is 55.0 Å². The summed E-state index contributed by atoms with van der Waals surface area (Å²) in [4.78, 5) is 11.3. The molecule has 18 heavy (non-hydrogen) atoms. The standard InChI is InChI=1S/C14H19N3O/c15-8-14(5-6-14)9-16-11-2-3-12-10(7-11)1-4-13(18)17-12/h2-3,7,16H,1,4-6,8-9,15H2,(H,17,18). The molecular weight excluding hydrogens is 226 g/mol. The van der Waals surface area contributed by atoms with Gasteiger partial charge >= 0.3 is 0 Å². The lowest BCUT2D eigenvalue weighted by molar-refractivity contribution is -0.116. The summed E-state index contributed by atoms with van der Waals surface area (Å²) in [5, 5.41) is 6.36. The van der Waals surface area contributed by atoms with Crippen LogP contribution in [-0.2, 0) is 11.2 Å². The highest BCUT2D eigenvalue weighted by atomic mass is 16.1. The number of fused-ring (bicyclic) bond motifs is 1. The second-order valence-corrected chi connectivity index (χ2v) is 5.48. The molecule has 1 aliphatic heterocycles. The predicted molar refractivity (Wildman–Crippen MR) is 72.6 cm³/mol. The van der Waals surface area contributed by atoms with Crippen molar-refractivity contribution in [1.82, 2.24) is 0 Å². The van der Waals surface area contributed by atoms with E-state index in [1.165, 1.54) is 18.4 Å². The van der Waals surface area contributed by atoms with Gasteiger partial charge in [-0.1, -0.05) is 0 Å². The molecule has 0 atom stereocenters. The average Bonchev–Trinajstić information content (AvgIpc) is 3.17. The summed E-state index contributed by atoms with van der Waals surface area (Å²) >= 11 is 0. The van der Waals surface area contributed by atoms with Crippen LogP contribution in [0.4, 0.5) is 11.4 Å². The fourth-order valence-electron chi connectivity index (χ4n) is 2.41. The van der Waals surface area contributed by atoms with E-state index < -0.39 is 0 Å². The van der Waals surface area contributed by atoms with Crippen molar-refractivity contribution in [3.05, 3.63) is 23.8 Å². The minimum absolute atomic E-state index is 0.114. The van der Waals surface area contributed by atoms with Gasteiger partial charge in [-0.15, -0.1) is 0 Å². The van der Waals surface area contributed by atoms with Gasteiger partial charge in [0, 0.05) is 24.3 Å². The molecule has 0 bridgehead atoms. The lowest BCUT2D eigenvalue weighted by Crippen LogP contribution is -2.24. The van der Waals surface area contributed by atoms with Crippen LogP contribution < -0.4 is 16.4 Å². The Hall–Kier alpha value is -1.55. The maximum Gasteiger partial charge on any atom is 0.224 e. The summed E-state index contributed by atoms with van der Waals surface area (Å²) in [6.45, 7) is 1.72. The van der Waals surface area contributed by atoms with E-state index in [4.69, 9.17) is 5.73 Å². The van der Waals surface area contributed by atoms with E-state index in [0.717, 1.165) is 30.9 Å². The van der Waals surface area contributed by atoms with Gasteiger partial charge in [-0.25, -0.2) is 0 Å². The lowest BCUT2D eigenvalue weighted by atomic mass is 10.0. The van der Waals surface area contributed by atoms with Crippen LogP contribution in [0.1, 0.15) is 24.8 Å². The third-order valence-electron chi connectivity index (χ3n) is 4.06. The highest BCUT2D eigenvalue weighted by molar-refractivity contribution is 5.94. The van der Waals surface area contributed by atoms with Gasteiger partial charge in [0.25, 0.3) is 0 Å². The molecular formula is C14H19N3O. The van der Waals surface area contributed by atoms with Crippen LogP contribution in [0.25, 0.3) is 0 Å². The fraction of sp³-hybridized carbons (Fsp3) is 0.500. The van der Waals surface area contributed by atoms with Gasteiger partial charge in [0.05, 0.1) is 0 Å². The molecule has 1 fully saturated rings. The number of carbonyl (C=O) groups excluding carboxylic acids is 1. The smallest absolute Gasteiger partial charge is 0.224 e. The first-order valence-corrected chi connectivity index (χ1v) is 6.58. The number of anilines is 2. The molecule has 4 heteroatoms. The third kappa shape index (κ3) is 2.20. The van der Waals surface area contributed by atoms with E-state index >= 15 is 0 Å². The van der Waals surface area contributed by atoms with E-state index in [2.05, 4.69) is 16.7 Å². The molecule has 4 nitrogen and oxygen atoms in total. The highest BCUT2D eigenvalue weighted by Crippen LogP contribution is 2.44. The van der Waals surface area contributed by atoms with E-state index in [1.807, 2.05) is 12.1 Å². The van der Waals surface area contributed by atoms with E-state index in [9.17, 15) is 4.79 Å². The molecule has 0 saturated heterocycles. The molecule has 1 aliphatic carbocycles. The Bertz CT molecular complexity index is 480. The van der Waals surface area contributed by atoms with E-state index in [1.54, 1.807) is 0 Å². The number of rotatable bonds is 4. The Morgan fingerprint density at radius 2 is 2.17 bits per heavy atom. The molecule has 0 unspecified atom stereocenters. The van der Waals surface area contributed by atoms with Crippen molar-refractivity contribution in [2.24, 2.45) is 11.1 Å². The topological polar surface area (TPSA) is 67.1 Å². The quantitative estimate of drug-likeness (QED) is 0.756. The number of aryl methyl sites for hydroxylation is 1. The van der Waals surface area contributed by atoms with Crippen molar-refractivity contribution >= 4 is 17.3 Å². The van der Waals surface area contributed by atoms with Gasteiger partial charge in [-0.3, -0.25) is 4.79 Å². The minimum Gasteiger partial charge on any atom is -0.384 e. The molecule has 2 aliphatic rings.